The first-order chi connectivity index (χ1) is 12.6. The van der Waals surface area contributed by atoms with Crippen LogP contribution in [0.2, 0.25) is 0 Å². The molecule has 0 unspecified atom stereocenters. The Morgan fingerprint density at radius 3 is 3.12 bits per heavy atom. The molecule has 0 aliphatic rings. The number of thioether (sulfide) groups is 1. The van der Waals surface area contributed by atoms with E-state index in [1.807, 2.05) is 16.7 Å². The second kappa shape index (κ2) is 8.07. The van der Waals surface area contributed by atoms with Crippen molar-refractivity contribution in [3.63, 3.8) is 0 Å². The molecule has 0 radical (unpaired) electrons. The number of nitrogen functional groups attached to an aromatic ring is 1. The summed E-state index contributed by atoms with van der Waals surface area (Å²) >= 11 is 2.43. The van der Waals surface area contributed by atoms with E-state index >= 15 is 0 Å². The van der Waals surface area contributed by atoms with Gasteiger partial charge in [0.05, 0.1) is 25.0 Å². The van der Waals surface area contributed by atoms with Gasteiger partial charge in [-0.3, -0.25) is 0 Å². The molecule has 134 valence electrons. The third kappa shape index (κ3) is 3.74. The van der Waals surface area contributed by atoms with E-state index in [-0.39, 0.29) is 6.61 Å². The number of carbonyl (C=O) groups is 1. The Morgan fingerprint density at radius 1 is 1.58 bits per heavy atom. The molecule has 3 aromatic heterocycles. The summed E-state index contributed by atoms with van der Waals surface area (Å²) in [7, 11) is 0. The first-order valence-electron chi connectivity index (χ1n) is 7.65. The van der Waals surface area contributed by atoms with Gasteiger partial charge >= 0.3 is 5.97 Å². The maximum Gasteiger partial charge on any atom is 0.348 e. The Bertz CT molecular complexity index is 940. The molecule has 0 atom stereocenters. The van der Waals surface area contributed by atoms with E-state index in [0.29, 0.717) is 38.5 Å². The molecule has 0 aromatic carbocycles. The van der Waals surface area contributed by atoms with Crippen LogP contribution < -0.4 is 5.73 Å². The molecule has 0 saturated heterocycles. The zero-order chi connectivity index (χ0) is 18.5. The van der Waals surface area contributed by atoms with E-state index in [1.165, 1.54) is 11.8 Å². The molecule has 10 heteroatoms. The van der Waals surface area contributed by atoms with E-state index in [1.54, 1.807) is 19.5 Å². The molecular formula is C16H15N5O3S2. The molecule has 26 heavy (non-hydrogen) atoms. The molecule has 0 bridgehead atoms. The molecular weight excluding hydrogens is 374 g/mol. The van der Waals surface area contributed by atoms with Gasteiger partial charge in [-0.2, -0.15) is 5.26 Å². The van der Waals surface area contributed by atoms with Crippen molar-refractivity contribution >= 4 is 34.1 Å². The average Bonchev–Trinajstić information content (AvgIpc) is 3.34. The van der Waals surface area contributed by atoms with Crippen molar-refractivity contribution in [3.8, 4) is 6.07 Å². The van der Waals surface area contributed by atoms with Crippen LogP contribution in [-0.4, -0.2) is 27.3 Å². The number of anilines is 1. The van der Waals surface area contributed by atoms with Crippen molar-refractivity contribution in [2.24, 2.45) is 0 Å². The van der Waals surface area contributed by atoms with E-state index < -0.39 is 5.97 Å². The van der Waals surface area contributed by atoms with E-state index in [2.05, 4.69) is 16.3 Å². The number of rotatable bonds is 7. The summed E-state index contributed by atoms with van der Waals surface area (Å²) in [5.74, 6) is 0.649. The van der Waals surface area contributed by atoms with Crippen molar-refractivity contribution < 1.29 is 13.9 Å². The molecule has 0 aliphatic heterocycles. The molecule has 0 fully saturated rings. The highest BCUT2D eigenvalue weighted by Crippen LogP contribution is 2.35. The lowest BCUT2D eigenvalue weighted by molar-refractivity contribution is 0.0531. The monoisotopic (exact) mass is 389 g/mol. The minimum absolute atomic E-state index is 0.253. The fraction of sp³-hybridized carbons (Fsp3) is 0.250. The number of nitriles is 1. The molecule has 0 saturated carbocycles. The first kappa shape index (κ1) is 18.0. The summed E-state index contributed by atoms with van der Waals surface area (Å²) in [6.45, 7) is 2.47. The number of nitrogens with zero attached hydrogens (tertiary/aromatic N) is 4. The first-order valence-corrected chi connectivity index (χ1v) is 9.45. The third-order valence-electron chi connectivity index (χ3n) is 3.44. The number of carbonyl (C=O) groups excluding carboxylic acids is 1. The van der Waals surface area contributed by atoms with Crippen LogP contribution in [0.1, 0.15) is 33.5 Å². The number of aromatic nitrogens is 3. The van der Waals surface area contributed by atoms with Gasteiger partial charge in [-0.05, 0) is 19.1 Å². The lowest BCUT2D eigenvalue weighted by Crippen LogP contribution is -2.06. The Hall–Kier alpha value is -2.77. The Balaban J connectivity index is 1.81. The van der Waals surface area contributed by atoms with Gasteiger partial charge in [-0.15, -0.1) is 21.5 Å². The summed E-state index contributed by atoms with van der Waals surface area (Å²) in [6.07, 6.45) is 3.20. The van der Waals surface area contributed by atoms with Gasteiger partial charge in [0.25, 0.3) is 0 Å². The Morgan fingerprint density at radius 2 is 2.42 bits per heavy atom. The fourth-order valence-electron chi connectivity index (χ4n) is 2.28. The maximum absolute atomic E-state index is 12.2. The van der Waals surface area contributed by atoms with Crippen LogP contribution in [0.5, 0.6) is 0 Å². The molecule has 3 aromatic rings. The van der Waals surface area contributed by atoms with Crippen LogP contribution in [0, 0.1) is 11.3 Å². The van der Waals surface area contributed by atoms with Crippen molar-refractivity contribution in [1.82, 2.24) is 14.8 Å². The minimum atomic E-state index is -0.474. The summed E-state index contributed by atoms with van der Waals surface area (Å²) in [4.78, 5) is 12.5. The zero-order valence-electron chi connectivity index (χ0n) is 13.8. The fourth-order valence-corrected chi connectivity index (χ4v) is 4.24. The lowest BCUT2D eigenvalue weighted by atomic mass is 10.2. The van der Waals surface area contributed by atoms with Gasteiger partial charge in [0.2, 0.25) is 0 Å². The summed E-state index contributed by atoms with van der Waals surface area (Å²) in [5, 5.41) is 18.3. The third-order valence-corrected chi connectivity index (χ3v) is 5.49. The predicted octanol–water partition coefficient (Wildman–Crippen LogP) is 2.90. The molecule has 0 aliphatic carbocycles. The van der Waals surface area contributed by atoms with E-state index in [0.717, 1.165) is 17.1 Å². The number of hydrogen-bond donors (Lipinski definition) is 1. The van der Waals surface area contributed by atoms with Gasteiger partial charge in [0.1, 0.15) is 28.0 Å². The molecule has 2 N–H and O–H groups in total. The maximum atomic E-state index is 12.2. The number of thiophene rings is 1. The quantitative estimate of drug-likeness (QED) is 0.484. The van der Waals surface area contributed by atoms with Gasteiger partial charge in [0, 0.05) is 11.3 Å². The predicted molar refractivity (Wildman–Crippen MR) is 96.8 cm³/mol. The highest BCUT2D eigenvalue weighted by atomic mass is 32.2. The van der Waals surface area contributed by atoms with Crippen LogP contribution in [0.15, 0.2) is 34.3 Å². The standard InChI is InChI=1S/C16H15N5O3S2/c1-2-23-15(22)13-12(11(6-17)14(18)26-13)8-25-16-20-19-9-21(16)7-10-4-3-5-24-10/h3-5,9H,2,7-8,18H2,1H3. The SMILES string of the molecule is CCOC(=O)c1sc(N)c(C#N)c1CSc1nncn1Cc1ccco1. The average molecular weight is 389 g/mol. The molecule has 0 amide bonds. The summed E-state index contributed by atoms with van der Waals surface area (Å²) in [5.41, 5.74) is 6.76. The topological polar surface area (TPSA) is 120 Å². The Kier molecular flexibility index (Phi) is 5.60. The lowest BCUT2D eigenvalue weighted by Gasteiger charge is -2.06. The largest absolute Gasteiger partial charge is 0.467 e. The molecule has 0 spiro atoms. The van der Waals surface area contributed by atoms with Gasteiger partial charge in [-0.1, -0.05) is 11.8 Å². The van der Waals surface area contributed by atoms with Crippen molar-refractivity contribution in [2.45, 2.75) is 24.4 Å². The smallest absolute Gasteiger partial charge is 0.348 e. The van der Waals surface area contributed by atoms with Crippen LogP contribution in [-0.2, 0) is 17.0 Å². The van der Waals surface area contributed by atoms with Crippen LogP contribution in [0.25, 0.3) is 0 Å². The van der Waals surface area contributed by atoms with Gasteiger partial charge < -0.3 is 19.5 Å². The second-order valence-corrected chi connectivity index (χ2v) is 7.09. The van der Waals surface area contributed by atoms with E-state index in [9.17, 15) is 10.1 Å². The number of esters is 1. The normalized spacial score (nSPS) is 10.6. The highest BCUT2D eigenvalue weighted by molar-refractivity contribution is 7.98. The van der Waals surface area contributed by atoms with Crippen molar-refractivity contribution in [3.05, 3.63) is 46.5 Å². The van der Waals surface area contributed by atoms with Crippen molar-refractivity contribution in [2.75, 3.05) is 12.3 Å². The van der Waals surface area contributed by atoms with Crippen LogP contribution in [0.4, 0.5) is 5.00 Å². The number of nitrogens with two attached hydrogens (primary N) is 1. The Labute approximate surface area is 157 Å². The minimum Gasteiger partial charge on any atom is -0.467 e. The zero-order valence-corrected chi connectivity index (χ0v) is 15.5. The molecule has 3 rings (SSSR count). The molecule has 8 nitrogen and oxygen atoms in total. The van der Waals surface area contributed by atoms with Crippen molar-refractivity contribution in [1.29, 1.82) is 5.26 Å². The highest BCUT2D eigenvalue weighted by Gasteiger charge is 2.23. The van der Waals surface area contributed by atoms with E-state index in [4.69, 9.17) is 14.9 Å². The molecule has 3 heterocycles. The number of hydrogen-bond acceptors (Lipinski definition) is 9. The number of ether oxygens (including phenoxy) is 1. The summed E-state index contributed by atoms with van der Waals surface area (Å²) < 4.78 is 12.2. The van der Waals surface area contributed by atoms with Crippen LogP contribution in [0.3, 0.4) is 0 Å². The van der Waals surface area contributed by atoms with Crippen LogP contribution >= 0.6 is 23.1 Å². The number of furan rings is 1. The van der Waals surface area contributed by atoms with Gasteiger partial charge in [-0.25, -0.2) is 4.79 Å². The van der Waals surface area contributed by atoms with Gasteiger partial charge in [0.15, 0.2) is 5.16 Å². The second-order valence-electron chi connectivity index (χ2n) is 5.09. The summed E-state index contributed by atoms with van der Waals surface area (Å²) in [6, 6.07) is 5.74.